The largest absolute Gasteiger partial charge is 0.310 e. The standard InChI is InChI=1S/C9H8N4O2/c1-7-9(13(14)15)6-11-12(7)8-2-4-10-5-3-8/h2-6H,1H3. The van der Waals surface area contributed by atoms with Gasteiger partial charge in [-0.2, -0.15) is 5.10 Å². The van der Waals surface area contributed by atoms with Gasteiger partial charge in [0.1, 0.15) is 11.9 Å². The van der Waals surface area contributed by atoms with E-state index in [0.29, 0.717) is 5.69 Å². The maximum Gasteiger partial charge on any atom is 0.310 e. The summed E-state index contributed by atoms with van der Waals surface area (Å²) < 4.78 is 1.51. The Morgan fingerprint density at radius 1 is 1.40 bits per heavy atom. The molecule has 2 rings (SSSR count). The lowest BCUT2D eigenvalue weighted by Gasteiger charge is -2.01. The molecule has 0 aromatic carbocycles. The fourth-order valence-corrected chi connectivity index (χ4v) is 1.33. The topological polar surface area (TPSA) is 73.8 Å². The van der Waals surface area contributed by atoms with E-state index in [1.807, 2.05) is 0 Å². The summed E-state index contributed by atoms with van der Waals surface area (Å²) in [4.78, 5) is 14.0. The first-order chi connectivity index (χ1) is 7.20. The summed E-state index contributed by atoms with van der Waals surface area (Å²) in [5, 5.41) is 14.6. The summed E-state index contributed by atoms with van der Waals surface area (Å²) in [6, 6.07) is 3.48. The predicted molar refractivity (Wildman–Crippen MR) is 52.8 cm³/mol. The molecule has 0 bridgehead atoms. The number of rotatable bonds is 2. The third-order valence-electron chi connectivity index (χ3n) is 2.09. The maximum atomic E-state index is 10.6. The van der Waals surface area contributed by atoms with Crippen LogP contribution in [-0.2, 0) is 0 Å². The minimum atomic E-state index is -0.444. The van der Waals surface area contributed by atoms with Crippen molar-refractivity contribution in [3.8, 4) is 5.69 Å². The van der Waals surface area contributed by atoms with Gasteiger partial charge in [-0.1, -0.05) is 0 Å². The molecule has 0 N–H and O–H groups in total. The fraction of sp³-hybridized carbons (Fsp3) is 0.111. The first-order valence-corrected chi connectivity index (χ1v) is 4.29. The second-order valence-electron chi connectivity index (χ2n) is 2.99. The molecule has 0 unspecified atom stereocenters. The van der Waals surface area contributed by atoms with Crippen molar-refractivity contribution in [3.05, 3.63) is 46.5 Å². The minimum Gasteiger partial charge on any atom is -0.265 e. The third kappa shape index (κ3) is 1.56. The van der Waals surface area contributed by atoms with Gasteiger partial charge in [0.2, 0.25) is 0 Å². The van der Waals surface area contributed by atoms with Gasteiger partial charge in [-0.05, 0) is 19.1 Å². The van der Waals surface area contributed by atoms with Crippen LogP contribution in [0.3, 0.4) is 0 Å². The summed E-state index contributed by atoms with van der Waals surface area (Å²) in [6.07, 6.45) is 4.47. The zero-order valence-corrected chi connectivity index (χ0v) is 7.99. The van der Waals surface area contributed by atoms with E-state index in [1.165, 1.54) is 10.9 Å². The summed E-state index contributed by atoms with van der Waals surface area (Å²) >= 11 is 0. The average molecular weight is 204 g/mol. The van der Waals surface area contributed by atoms with Crippen molar-refractivity contribution < 1.29 is 4.92 Å². The van der Waals surface area contributed by atoms with Crippen LogP contribution in [0.25, 0.3) is 5.69 Å². The lowest BCUT2D eigenvalue weighted by atomic mass is 10.3. The van der Waals surface area contributed by atoms with Crippen molar-refractivity contribution in [1.29, 1.82) is 0 Å². The van der Waals surface area contributed by atoms with Gasteiger partial charge >= 0.3 is 5.69 Å². The molecule has 15 heavy (non-hydrogen) atoms. The zero-order chi connectivity index (χ0) is 10.8. The molecule has 0 spiro atoms. The smallest absolute Gasteiger partial charge is 0.265 e. The van der Waals surface area contributed by atoms with Gasteiger partial charge in [0.05, 0.1) is 10.6 Å². The van der Waals surface area contributed by atoms with E-state index in [9.17, 15) is 10.1 Å². The molecular weight excluding hydrogens is 196 g/mol. The van der Waals surface area contributed by atoms with Gasteiger partial charge in [0.25, 0.3) is 0 Å². The Balaban J connectivity index is 2.52. The van der Waals surface area contributed by atoms with E-state index in [1.54, 1.807) is 31.5 Å². The molecule has 6 heteroatoms. The number of hydrogen-bond donors (Lipinski definition) is 0. The van der Waals surface area contributed by atoms with Crippen molar-refractivity contribution in [1.82, 2.24) is 14.8 Å². The summed E-state index contributed by atoms with van der Waals surface area (Å²) in [6.45, 7) is 1.66. The van der Waals surface area contributed by atoms with Gasteiger partial charge in [-0.15, -0.1) is 0 Å². The van der Waals surface area contributed by atoms with Gasteiger partial charge in [0.15, 0.2) is 0 Å². The van der Waals surface area contributed by atoms with Gasteiger partial charge in [-0.25, -0.2) is 4.68 Å². The van der Waals surface area contributed by atoms with Crippen LogP contribution in [0.5, 0.6) is 0 Å². The molecule has 0 radical (unpaired) electrons. The number of pyridine rings is 1. The second kappa shape index (κ2) is 3.49. The number of nitro groups is 1. The first kappa shape index (κ1) is 9.32. The molecule has 0 aliphatic rings. The van der Waals surface area contributed by atoms with Gasteiger partial charge < -0.3 is 0 Å². The Hall–Kier alpha value is -2.24. The summed E-state index contributed by atoms with van der Waals surface area (Å²) in [7, 11) is 0. The lowest BCUT2D eigenvalue weighted by Crippen LogP contribution is -1.99. The van der Waals surface area contributed by atoms with Crippen LogP contribution >= 0.6 is 0 Å². The molecular formula is C9H8N4O2. The van der Waals surface area contributed by atoms with Crippen LogP contribution in [-0.4, -0.2) is 19.7 Å². The van der Waals surface area contributed by atoms with Crippen LogP contribution < -0.4 is 0 Å². The van der Waals surface area contributed by atoms with Crippen molar-refractivity contribution in [2.45, 2.75) is 6.92 Å². The monoisotopic (exact) mass is 204 g/mol. The van der Waals surface area contributed by atoms with Crippen molar-refractivity contribution in [3.63, 3.8) is 0 Å². The molecule has 0 amide bonds. The first-order valence-electron chi connectivity index (χ1n) is 4.29. The highest BCUT2D eigenvalue weighted by molar-refractivity contribution is 5.39. The molecule has 6 nitrogen and oxygen atoms in total. The van der Waals surface area contributed by atoms with E-state index < -0.39 is 4.92 Å². The molecule has 2 aromatic heterocycles. The maximum absolute atomic E-state index is 10.6. The van der Waals surface area contributed by atoms with Crippen LogP contribution in [0.2, 0.25) is 0 Å². The minimum absolute atomic E-state index is 0.0202. The number of aromatic nitrogens is 3. The van der Waals surface area contributed by atoms with Crippen LogP contribution in [0.15, 0.2) is 30.7 Å². The molecule has 0 aliphatic carbocycles. The average Bonchev–Trinajstić information content (AvgIpc) is 2.61. The number of hydrogen-bond acceptors (Lipinski definition) is 4. The molecule has 2 aromatic rings. The highest BCUT2D eigenvalue weighted by Crippen LogP contribution is 2.19. The SMILES string of the molecule is Cc1c([N+](=O)[O-])cnn1-c1ccncc1. The van der Waals surface area contributed by atoms with Crippen molar-refractivity contribution in [2.24, 2.45) is 0 Å². The van der Waals surface area contributed by atoms with Crippen molar-refractivity contribution in [2.75, 3.05) is 0 Å². The van der Waals surface area contributed by atoms with Crippen LogP contribution in [0.1, 0.15) is 5.69 Å². The summed E-state index contributed by atoms with van der Waals surface area (Å²) in [5.74, 6) is 0. The third-order valence-corrected chi connectivity index (χ3v) is 2.09. The van der Waals surface area contributed by atoms with E-state index in [0.717, 1.165) is 5.69 Å². The molecule has 76 valence electrons. The Labute approximate surface area is 85.3 Å². The Morgan fingerprint density at radius 2 is 2.07 bits per heavy atom. The highest BCUT2D eigenvalue weighted by atomic mass is 16.6. The molecule has 0 saturated heterocycles. The molecule has 0 aliphatic heterocycles. The normalized spacial score (nSPS) is 10.2. The van der Waals surface area contributed by atoms with E-state index in [-0.39, 0.29) is 5.69 Å². The predicted octanol–water partition coefficient (Wildman–Crippen LogP) is 1.48. The fourth-order valence-electron chi connectivity index (χ4n) is 1.33. The molecule has 0 atom stereocenters. The Kier molecular flexibility index (Phi) is 2.17. The lowest BCUT2D eigenvalue weighted by molar-refractivity contribution is -0.385. The zero-order valence-electron chi connectivity index (χ0n) is 7.99. The molecule has 0 saturated carbocycles. The van der Waals surface area contributed by atoms with Crippen LogP contribution in [0, 0.1) is 17.0 Å². The Bertz CT molecular complexity index is 492. The Morgan fingerprint density at radius 3 is 2.60 bits per heavy atom. The second-order valence-corrected chi connectivity index (χ2v) is 2.99. The van der Waals surface area contributed by atoms with Gasteiger partial charge in [-0.3, -0.25) is 15.1 Å². The molecule has 0 fully saturated rings. The van der Waals surface area contributed by atoms with E-state index >= 15 is 0 Å². The van der Waals surface area contributed by atoms with E-state index in [2.05, 4.69) is 10.1 Å². The molecule has 2 heterocycles. The number of nitrogens with zero attached hydrogens (tertiary/aromatic N) is 4. The highest BCUT2D eigenvalue weighted by Gasteiger charge is 2.16. The summed E-state index contributed by atoms with van der Waals surface area (Å²) in [5.41, 5.74) is 1.29. The van der Waals surface area contributed by atoms with Crippen molar-refractivity contribution >= 4 is 5.69 Å². The van der Waals surface area contributed by atoms with Gasteiger partial charge in [0, 0.05) is 12.4 Å². The van der Waals surface area contributed by atoms with E-state index in [4.69, 9.17) is 0 Å². The van der Waals surface area contributed by atoms with Crippen LogP contribution in [0.4, 0.5) is 5.69 Å². The quantitative estimate of drug-likeness (QED) is 0.548.